The van der Waals surface area contributed by atoms with Crippen molar-refractivity contribution in [1.29, 1.82) is 0 Å². The van der Waals surface area contributed by atoms with Gasteiger partial charge in [-0.25, -0.2) is 4.39 Å². The number of carbonyl (C=O) groups excluding carboxylic acids is 1. The molecule has 2 nitrogen and oxygen atoms in total. The van der Waals surface area contributed by atoms with Crippen molar-refractivity contribution in [3.05, 3.63) is 35.9 Å². The van der Waals surface area contributed by atoms with Gasteiger partial charge < -0.3 is 0 Å². The molecule has 1 unspecified atom stereocenters. The van der Waals surface area contributed by atoms with E-state index < -0.39 is 6.30 Å². The highest BCUT2D eigenvalue weighted by Crippen LogP contribution is 2.43. The van der Waals surface area contributed by atoms with Crippen LogP contribution >= 0.6 is 0 Å². The van der Waals surface area contributed by atoms with Crippen LogP contribution in [0.2, 0.25) is 0 Å². The van der Waals surface area contributed by atoms with Gasteiger partial charge in [-0.2, -0.15) is 0 Å². The lowest BCUT2D eigenvalue weighted by molar-refractivity contribution is -0.0137. The minimum atomic E-state index is -0.965. The second-order valence-electron chi connectivity index (χ2n) is 6.84. The average molecular weight is 303 g/mol. The summed E-state index contributed by atoms with van der Waals surface area (Å²) in [6.45, 7) is 0.862. The second-order valence-corrected chi connectivity index (χ2v) is 6.84. The van der Waals surface area contributed by atoms with Gasteiger partial charge in [-0.05, 0) is 32.1 Å². The summed E-state index contributed by atoms with van der Waals surface area (Å²) < 4.78 is 14.8. The van der Waals surface area contributed by atoms with Crippen LogP contribution < -0.4 is 0 Å². The van der Waals surface area contributed by atoms with Gasteiger partial charge in [0.2, 0.25) is 0 Å². The molecule has 1 aliphatic heterocycles. The molecule has 0 aromatic heterocycles. The number of nitrogens with zero attached hydrogens (tertiary/aromatic N) is 1. The minimum absolute atomic E-state index is 0.0557. The molecule has 3 heteroatoms. The van der Waals surface area contributed by atoms with Crippen LogP contribution in [0.5, 0.6) is 0 Å². The largest absolute Gasteiger partial charge is 0.294 e. The van der Waals surface area contributed by atoms with Crippen molar-refractivity contribution < 1.29 is 9.18 Å². The Morgan fingerprint density at radius 3 is 2.50 bits per heavy atom. The molecule has 120 valence electrons. The van der Waals surface area contributed by atoms with Gasteiger partial charge in [0.05, 0.1) is 0 Å². The summed E-state index contributed by atoms with van der Waals surface area (Å²) in [5, 5.41) is 0. The number of halogens is 1. The quantitative estimate of drug-likeness (QED) is 0.578. The first-order chi connectivity index (χ1) is 10.7. The first-order valence-corrected chi connectivity index (χ1v) is 8.70. The Kier molecular flexibility index (Phi) is 4.92. The Balaban J connectivity index is 1.57. The number of Topliss-reactive ketones (excluding diaryl/α,β-unsaturated/α-hetero) is 1. The van der Waals surface area contributed by atoms with Gasteiger partial charge in [-0.15, -0.1) is 0 Å². The molecule has 2 aliphatic rings. The summed E-state index contributed by atoms with van der Waals surface area (Å²) in [6, 6.07) is 9.24. The molecule has 1 aromatic carbocycles. The van der Waals surface area contributed by atoms with Crippen LogP contribution in [0.1, 0.15) is 68.1 Å². The summed E-state index contributed by atoms with van der Waals surface area (Å²) in [7, 11) is 0. The van der Waals surface area contributed by atoms with E-state index in [9.17, 15) is 9.18 Å². The van der Waals surface area contributed by atoms with Gasteiger partial charge in [0, 0.05) is 24.1 Å². The predicted octanol–water partition coefficient (Wildman–Crippen LogP) is 4.74. The molecule has 3 rings (SSSR count). The highest BCUT2D eigenvalue weighted by atomic mass is 19.1. The van der Waals surface area contributed by atoms with Crippen molar-refractivity contribution >= 4 is 5.78 Å². The summed E-state index contributed by atoms with van der Waals surface area (Å²) in [4.78, 5) is 14.2. The van der Waals surface area contributed by atoms with E-state index in [1.165, 1.54) is 19.3 Å². The van der Waals surface area contributed by atoms with Crippen molar-refractivity contribution in [2.45, 2.75) is 69.6 Å². The SMILES string of the molecule is O=C(CCC(F)N1CCCC12CCCCC2)c1ccccc1. The van der Waals surface area contributed by atoms with E-state index in [1.54, 1.807) is 0 Å². The molecule has 1 atom stereocenters. The van der Waals surface area contributed by atoms with Crippen LogP contribution in [0.3, 0.4) is 0 Å². The zero-order chi connectivity index (χ0) is 15.4. The lowest BCUT2D eigenvalue weighted by atomic mass is 9.79. The summed E-state index contributed by atoms with van der Waals surface area (Å²) in [5.74, 6) is 0.0557. The highest BCUT2D eigenvalue weighted by molar-refractivity contribution is 5.95. The number of likely N-dealkylation sites (tertiary alicyclic amines) is 1. The number of rotatable bonds is 5. The number of benzene rings is 1. The average Bonchev–Trinajstić information content (AvgIpc) is 2.96. The van der Waals surface area contributed by atoms with Crippen LogP contribution in [-0.4, -0.2) is 29.1 Å². The van der Waals surface area contributed by atoms with Gasteiger partial charge in [-0.1, -0.05) is 49.6 Å². The molecule has 1 aromatic rings. The fraction of sp³-hybridized carbons (Fsp3) is 0.632. The zero-order valence-corrected chi connectivity index (χ0v) is 13.3. The number of alkyl halides is 1. The van der Waals surface area contributed by atoms with Crippen LogP contribution in [-0.2, 0) is 0 Å². The van der Waals surface area contributed by atoms with Crippen molar-refractivity contribution in [2.24, 2.45) is 0 Å². The normalized spacial score (nSPS) is 22.8. The molecule has 1 aliphatic carbocycles. The maximum Gasteiger partial charge on any atom is 0.163 e. The van der Waals surface area contributed by atoms with Crippen LogP contribution in [0.25, 0.3) is 0 Å². The molecule has 1 heterocycles. The number of hydrogen-bond acceptors (Lipinski definition) is 2. The van der Waals surface area contributed by atoms with E-state index in [-0.39, 0.29) is 11.3 Å². The number of ketones is 1. The molecule has 1 saturated heterocycles. The number of hydrogen-bond donors (Lipinski definition) is 0. The Morgan fingerprint density at radius 2 is 1.77 bits per heavy atom. The summed E-state index contributed by atoms with van der Waals surface area (Å²) >= 11 is 0. The second kappa shape index (κ2) is 6.91. The monoisotopic (exact) mass is 303 g/mol. The molecule has 1 saturated carbocycles. The van der Waals surface area contributed by atoms with E-state index >= 15 is 0 Å². The Hall–Kier alpha value is -1.22. The smallest absolute Gasteiger partial charge is 0.163 e. The Bertz CT molecular complexity index is 495. The van der Waals surface area contributed by atoms with Gasteiger partial charge in [0.15, 0.2) is 12.1 Å². The van der Waals surface area contributed by atoms with E-state index in [1.807, 2.05) is 30.3 Å². The lowest BCUT2D eigenvalue weighted by Gasteiger charge is -2.43. The van der Waals surface area contributed by atoms with Crippen molar-refractivity contribution in [3.8, 4) is 0 Å². The van der Waals surface area contributed by atoms with Crippen molar-refractivity contribution in [3.63, 3.8) is 0 Å². The maximum atomic E-state index is 14.8. The van der Waals surface area contributed by atoms with Crippen molar-refractivity contribution in [1.82, 2.24) is 4.90 Å². The molecule has 1 spiro atoms. The molecular formula is C19H26FNO. The summed E-state index contributed by atoms with van der Waals surface area (Å²) in [5.41, 5.74) is 0.802. The summed E-state index contributed by atoms with van der Waals surface area (Å²) in [6.07, 6.45) is 7.94. The standard InChI is InChI=1S/C19H26FNO/c20-18(11-10-17(22)16-8-3-1-4-9-16)21-15-7-14-19(21)12-5-2-6-13-19/h1,3-4,8-9,18H,2,5-7,10-15H2. The fourth-order valence-electron chi connectivity index (χ4n) is 4.32. The maximum absolute atomic E-state index is 14.8. The molecule has 22 heavy (non-hydrogen) atoms. The number of carbonyl (C=O) groups is 1. The Morgan fingerprint density at radius 1 is 1.09 bits per heavy atom. The highest BCUT2D eigenvalue weighted by Gasteiger charge is 2.44. The fourth-order valence-corrected chi connectivity index (χ4v) is 4.32. The molecule has 0 radical (unpaired) electrons. The van der Waals surface area contributed by atoms with E-state index in [2.05, 4.69) is 4.90 Å². The molecule has 0 bridgehead atoms. The van der Waals surface area contributed by atoms with Crippen LogP contribution in [0.15, 0.2) is 30.3 Å². The van der Waals surface area contributed by atoms with Gasteiger partial charge in [0.25, 0.3) is 0 Å². The topological polar surface area (TPSA) is 20.3 Å². The Labute approximate surface area is 132 Å². The molecular weight excluding hydrogens is 277 g/mol. The van der Waals surface area contributed by atoms with Crippen LogP contribution in [0, 0.1) is 0 Å². The third-order valence-electron chi connectivity index (χ3n) is 5.48. The van der Waals surface area contributed by atoms with Gasteiger partial charge in [-0.3, -0.25) is 9.69 Å². The first kappa shape index (κ1) is 15.7. The minimum Gasteiger partial charge on any atom is -0.294 e. The van der Waals surface area contributed by atoms with Gasteiger partial charge in [0.1, 0.15) is 0 Å². The van der Waals surface area contributed by atoms with Crippen molar-refractivity contribution in [2.75, 3.05) is 6.54 Å². The van der Waals surface area contributed by atoms with Gasteiger partial charge >= 0.3 is 0 Å². The van der Waals surface area contributed by atoms with E-state index in [0.717, 1.165) is 32.2 Å². The lowest BCUT2D eigenvalue weighted by Crippen LogP contribution is -2.49. The molecule has 2 fully saturated rings. The third kappa shape index (κ3) is 3.24. The molecule has 0 N–H and O–H groups in total. The van der Waals surface area contributed by atoms with E-state index in [4.69, 9.17) is 0 Å². The first-order valence-electron chi connectivity index (χ1n) is 8.70. The van der Waals surface area contributed by atoms with Crippen LogP contribution in [0.4, 0.5) is 4.39 Å². The zero-order valence-electron chi connectivity index (χ0n) is 13.3. The predicted molar refractivity (Wildman–Crippen MR) is 86.7 cm³/mol. The molecule has 0 amide bonds. The third-order valence-corrected chi connectivity index (χ3v) is 5.48. The van der Waals surface area contributed by atoms with E-state index in [0.29, 0.717) is 18.4 Å².